The van der Waals surface area contributed by atoms with Crippen LogP contribution in [0.1, 0.15) is 26.3 Å². The van der Waals surface area contributed by atoms with Gasteiger partial charge in [-0.3, -0.25) is 0 Å². The third-order valence-corrected chi connectivity index (χ3v) is 3.00. The quantitative estimate of drug-likeness (QED) is 0.743. The minimum Gasteiger partial charge on any atom is -0.492 e. The molecule has 1 aromatic rings. The fourth-order valence-corrected chi connectivity index (χ4v) is 1.92. The van der Waals surface area contributed by atoms with Crippen molar-refractivity contribution < 1.29 is 17.9 Å². The van der Waals surface area contributed by atoms with Crippen LogP contribution >= 0.6 is 11.8 Å². The van der Waals surface area contributed by atoms with E-state index in [0.717, 1.165) is 5.56 Å². The summed E-state index contributed by atoms with van der Waals surface area (Å²) in [6.07, 6.45) is 0. The van der Waals surface area contributed by atoms with E-state index in [0.29, 0.717) is 5.75 Å². The predicted molar refractivity (Wildman–Crippen MR) is 69.2 cm³/mol. The topological polar surface area (TPSA) is 9.23 Å². The summed E-state index contributed by atoms with van der Waals surface area (Å²) in [4.78, 5) is 0. The van der Waals surface area contributed by atoms with Crippen LogP contribution in [0.3, 0.4) is 0 Å². The van der Waals surface area contributed by atoms with E-state index < -0.39 is 5.51 Å². The highest BCUT2D eigenvalue weighted by Crippen LogP contribution is 2.32. The average molecular weight is 278 g/mol. The van der Waals surface area contributed by atoms with Crippen LogP contribution in [0.5, 0.6) is 5.75 Å². The molecule has 0 radical (unpaired) electrons. The Morgan fingerprint density at radius 1 is 1.11 bits per heavy atom. The van der Waals surface area contributed by atoms with Crippen LogP contribution in [0.2, 0.25) is 0 Å². The van der Waals surface area contributed by atoms with Gasteiger partial charge in [0.25, 0.3) is 0 Å². The highest BCUT2D eigenvalue weighted by Gasteiger charge is 2.27. The van der Waals surface area contributed by atoms with E-state index in [2.05, 4.69) is 0 Å². The Morgan fingerprint density at radius 2 is 1.72 bits per heavy atom. The molecule has 1 nitrogen and oxygen atoms in total. The van der Waals surface area contributed by atoms with E-state index in [1.54, 1.807) is 6.07 Å². The minimum absolute atomic E-state index is 0.0528. The third-order valence-electron chi connectivity index (χ3n) is 2.30. The van der Waals surface area contributed by atoms with Gasteiger partial charge in [-0.15, -0.1) is 0 Å². The number of ether oxygens (including phenoxy) is 1. The fourth-order valence-electron chi connectivity index (χ4n) is 1.52. The van der Waals surface area contributed by atoms with Crippen molar-refractivity contribution in [3.8, 4) is 5.75 Å². The summed E-state index contributed by atoms with van der Waals surface area (Å²) in [6.45, 7) is 6.18. The fraction of sp³-hybridized carbons (Fsp3) is 0.538. The van der Waals surface area contributed by atoms with E-state index in [-0.39, 0.29) is 29.5 Å². The second-order valence-corrected chi connectivity index (χ2v) is 6.05. The van der Waals surface area contributed by atoms with Gasteiger partial charge < -0.3 is 4.74 Å². The second kappa shape index (κ2) is 5.87. The van der Waals surface area contributed by atoms with Gasteiger partial charge in [0, 0.05) is 5.75 Å². The number of rotatable bonds is 4. The maximum absolute atomic E-state index is 12.0. The monoisotopic (exact) mass is 278 g/mol. The predicted octanol–water partition coefficient (Wildman–Crippen LogP) is 4.62. The zero-order valence-electron chi connectivity index (χ0n) is 10.7. The first-order valence-electron chi connectivity index (χ1n) is 5.63. The van der Waals surface area contributed by atoms with E-state index in [1.165, 1.54) is 0 Å². The Balaban J connectivity index is 2.58. The smallest absolute Gasteiger partial charge is 0.441 e. The molecule has 0 atom stereocenters. The lowest BCUT2D eigenvalue weighted by atomic mass is 9.86. The molecule has 0 heterocycles. The van der Waals surface area contributed by atoms with Crippen molar-refractivity contribution in [3.05, 3.63) is 29.8 Å². The Hall–Kier alpha value is -0.840. The Kier molecular flexibility index (Phi) is 4.96. The molecule has 0 bridgehead atoms. The molecule has 18 heavy (non-hydrogen) atoms. The summed E-state index contributed by atoms with van der Waals surface area (Å²) in [5, 5.41) is 0. The van der Waals surface area contributed by atoms with Crippen molar-refractivity contribution in [1.29, 1.82) is 0 Å². The lowest BCUT2D eigenvalue weighted by molar-refractivity contribution is -0.0329. The summed E-state index contributed by atoms with van der Waals surface area (Å²) >= 11 is -0.0588. The maximum Gasteiger partial charge on any atom is 0.441 e. The van der Waals surface area contributed by atoms with Crippen LogP contribution in [-0.2, 0) is 5.41 Å². The summed E-state index contributed by atoms with van der Waals surface area (Å²) in [5.74, 6) is 0.565. The first-order chi connectivity index (χ1) is 8.20. The molecule has 0 aliphatic rings. The molecule has 1 aromatic carbocycles. The first-order valence-corrected chi connectivity index (χ1v) is 6.62. The summed E-state index contributed by atoms with van der Waals surface area (Å²) in [6, 6.07) is 7.45. The Labute approximate surface area is 110 Å². The second-order valence-electron chi connectivity index (χ2n) is 4.89. The summed E-state index contributed by atoms with van der Waals surface area (Å²) < 4.78 is 41.3. The van der Waals surface area contributed by atoms with Gasteiger partial charge in [0.05, 0.1) is 6.61 Å². The molecule has 0 amide bonds. The number of alkyl halides is 3. The van der Waals surface area contributed by atoms with Gasteiger partial charge in [-0.2, -0.15) is 13.2 Å². The summed E-state index contributed by atoms with van der Waals surface area (Å²) in [5.41, 5.74) is -3.28. The highest BCUT2D eigenvalue weighted by atomic mass is 32.2. The SMILES string of the molecule is CC(C)(C)c1ccccc1OCCSC(F)(F)F. The molecule has 102 valence electrons. The number of benzene rings is 1. The Morgan fingerprint density at radius 3 is 2.28 bits per heavy atom. The standard InChI is InChI=1S/C13H17F3OS/c1-12(2,3)10-6-4-5-7-11(10)17-8-9-18-13(14,15)16/h4-7H,8-9H2,1-3H3. The molecule has 1 rings (SSSR count). The molecule has 0 fully saturated rings. The molecule has 0 saturated carbocycles. The van der Waals surface area contributed by atoms with Gasteiger partial charge >= 0.3 is 5.51 Å². The van der Waals surface area contributed by atoms with Crippen LogP contribution in [0.15, 0.2) is 24.3 Å². The van der Waals surface area contributed by atoms with Crippen molar-refractivity contribution in [3.63, 3.8) is 0 Å². The number of hydrogen-bond acceptors (Lipinski definition) is 2. The summed E-state index contributed by atoms with van der Waals surface area (Å²) in [7, 11) is 0. The van der Waals surface area contributed by atoms with E-state index >= 15 is 0 Å². The van der Waals surface area contributed by atoms with Crippen molar-refractivity contribution >= 4 is 11.8 Å². The average Bonchev–Trinajstić information content (AvgIpc) is 2.22. The largest absolute Gasteiger partial charge is 0.492 e. The lowest BCUT2D eigenvalue weighted by Gasteiger charge is -2.22. The number of halogens is 3. The molecular formula is C13H17F3OS. The molecule has 0 unspecified atom stereocenters. The van der Waals surface area contributed by atoms with Gasteiger partial charge in [-0.1, -0.05) is 39.0 Å². The molecule has 0 N–H and O–H groups in total. The van der Waals surface area contributed by atoms with Crippen LogP contribution in [-0.4, -0.2) is 17.9 Å². The van der Waals surface area contributed by atoms with Crippen LogP contribution in [0.4, 0.5) is 13.2 Å². The zero-order valence-corrected chi connectivity index (χ0v) is 11.5. The number of hydrogen-bond donors (Lipinski definition) is 0. The molecule has 0 saturated heterocycles. The van der Waals surface area contributed by atoms with Crippen molar-refractivity contribution in [2.45, 2.75) is 31.7 Å². The lowest BCUT2D eigenvalue weighted by Crippen LogP contribution is -2.14. The normalized spacial score (nSPS) is 12.6. The van der Waals surface area contributed by atoms with Crippen molar-refractivity contribution in [2.24, 2.45) is 0 Å². The van der Waals surface area contributed by atoms with Gasteiger partial charge in [0.2, 0.25) is 0 Å². The van der Waals surface area contributed by atoms with Gasteiger partial charge in [0.1, 0.15) is 5.75 Å². The van der Waals surface area contributed by atoms with E-state index in [9.17, 15) is 13.2 Å². The zero-order chi connectivity index (χ0) is 13.8. The van der Waals surface area contributed by atoms with Crippen LogP contribution < -0.4 is 4.74 Å². The molecule has 0 aliphatic heterocycles. The van der Waals surface area contributed by atoms with Gasteiger partial charge in [-0.25, -0.2) is 0 Å². The van der Waals surface area contributed by atoms with Crippen LogP contribution in [0, 0.1) is 0 Å². The number of para-hydroxylation sites is 1. The van der Waals surface area contributed by atoms with E-state index in [1.807, 2.05) is 39.0 Å². The van der Waals surface area contributed by atoms with Gasteiger partial charge in [0.15, 0.2) is 0 Å². The van der Waals surface area contributed by atoms with E-state index in [4.69, 9.17) is 4.74 Å². The van der Waals surface area contributed by atoms with Gasteiger partial charge in [-0.05, 0) is 28.8 Å². The molecule has 0 aliphatic carbocycles. The number of thioether (sulfide) groups is 1. The first kappa shape index (κ1) is 15.2. The van der Waals surface area contributed by atoms with Crippen LogP contribution in [0.25, 0.3) is 0 Å². The molecule has 0 spiro atoms. The highest BCUT2D eigenvalue weighted by molar-refractivity contribution is 8.00. The van der Waals surface area contributed by atoms with Crippen molar-refractivity contribution in [1.82, 2.24) is 0 Å². The maximum atomic E-state index is 12.0. The Bertz CT molecular complexity index is 383. The molecule has 0 aromatic heterocycles. The molecule has 5 heteroatoms. The third kappa shape index (κ3) is 5.21. The van der Waals surface area contributed by atoms with Crippen molar-refractivity contribution in [2.75, 3.05) is 12.4 Å². The minimum atomic E-state index is -4.19. The molecular weight excluding hydrogens is 261 g/mol.